The van der Waals surface area contributed by atoms with Crippen molar-refractivity contribution in [1.82, 2.24) is 19.7 Å². The predicted octanol–water partition coefficient (Wildman–Crippen LogP) is 3.04. The fourth-order valence-electron chi connectivity index (χ4n) is 1.93. The van der Waals surface area contributed by atoms with Gasteiger partial charge in [-0.05, 0) is 25.3 Å². The number of hydrogen-bond donors (Lipinski definition) is 0. The van der Waals surface area contributed by atoms with Gasteiger partial charge in [0.15, 0.2) is 5.82 Å². The summed E-state index contributed by atoms with van der Waals surface area (Å²) in [4.78, 5) is 8.86. The minimum atomic E-state index is 0.485. The van der Waals surface area contributed by atoms with Crippen molar-refractivity contribution in [3.05, 3.63) is 28.8 Å². The molecule has 2 aromatic rings. The van der Waals surface area contributed by atoms with Gasteiger partial charge in [-0.15, -0.1) is 0 Å². The average molecular weight is 265 g/mol. The molecule has 0 amide bonds. The van der Waals surface area contributed by atoms with Crippen LogP contribution in [0.2, 0.25) is 5.15 Å². The first kappa shape index (κ1) is 13.0. The lowest BCUT2D eigenvalue weighted by Gasteiger charge is -2.06. The number of aromatic nitrogens is 4. The predicted molar refractivity (Wildman–Crippen MR) is 72.5 cm³/mol. The molecule has 5 heteroatoms. The molecule has 0 saturated heterocycles. The molecule has 0 atom stereocenters. The summed E-state index contributed by atoms with van der Waals surface area (Å²) in [6, 6.07) is 1.83. The summed E-state index contributed by atoms with van der Waals surface area (Å²) in [6.45, 7) is 6.26. The topological polar surface area (TPSA) is 43.6 Å². The Kier molecular flexibility index (Phi) is 3.66. The van der Waals surface area contributed by atoms with Gasteiger partial charge >= 0.3 is 0 Å². The molecule has 0 radical (unpaired) electrons. The van der Waals surface area contributed by atoms with Gasteiger partial charge in [0.2, 0.25) is 0 Å². The van der Waals surface area contributed by atoms with Crippen LogP contribution in [0.4, 0.5) is 0 Å². The van der Waals surface area contributed by atoms with Gasteiger partial charge in [0.05, 0.1) is 11.3 Å². The fourth-order valence-corrected chi connectivity index (χ4v) is 2.13. The van der Waals surface area contributed by atoms with E-state index in [4.69, 9.17) is 11.6 Å². The van der Waals surface area contributed by atoms with Crippen molar-refractivity contribution in [3.63, 3.8) is 0 Å². The molecule has 0 bridgehead atoms. The van der Waals surface area contributed by atoms with E-state index in [1.807, 2.05) is 26.2 Å². The van der Waals surface area contributed by atoms with Crippen molar-refractivity contribution in [3.8, 4) is 11.4 Å². The molecule has 0 N–H and O–H groups in total. The number of aryl methyl sites for hydroxylation is 2. The van der Waals surface area contributed by atoms with E-state index < -0.39 is 0 Å². The van der Waals surface area contributed by atoms with Gasteiger partial charge in [-0.25, -0.2) is 9.97 Å². The summed E-state index contributed by atoms with van der Waals surface area (Å²) in [5.74, 6) is 1.20. The van der Waals surface area contributed by atoms with Crippen molar-refractivity contribution in [2.45, 2.75) is 27.2 Å². The quantitative estimate of drug-likeness (QED) is 0.801. The standard InChI is InChI=1S/C13H17ClN4/c1-8(2)5-10-6-12(14)16-13(15-10)11-7-18(4)17-9(11)3/h6-8H,5H2,1-4H3. The molecular formula is C13H17ClN4. The molecule has 2 rings (SSSR count). The smallest absolute Gasteiger partial charge is 0.164 e. The van der Waals surface area contributed by atoms with Crippen molar-refractivity contribution >= 4 is 11.6 Å². The first-order valence-electron chi connectivity index (χ1n) is 5.99. The van der Waals surface area contributed by atoms with Crippen molar-refractivity contribution < 1.29 is 0 Å². The summed E-state index contributed by atoms with van der Waals surface area (Å²) in [6.07, 6.45) is 2.81. The maximum atomic E-state index is 6.06. The van der Waals surface area contributed by atoms with Gasteiger partial charge in [-0.2, -0.15) is 5.10 Å². The highest BCUT2D eigenvalue weighted by Crippen LogP contribution is 2.21. The van der Waals surface area contributed by atoms with Crippen LogP contribution in [-0.2, 0) is 13.5 Å². The summed E-state index contributed by atoms with van der Waals surface area (Å²) >= 11 is 6.06. The van der Waals surface area contributed by atoms with Gasteiger partial charge in [0.1, 0.15) is 5.15 Å². The average Bonchev–Trinajstić information content (AvgIpc) is 2.55. The van der Waals surface area contributed by atoms with E-state index in [1.54, 1.807) is 4.68 Å². The van der Waals surface area contributed by atoms with E-state index in [2.05, 4.69) is 28.9 Å². The summed E-state index contributed by atoms with van der Waals surface area (Å²) in [5, 5.41) is 4.79. The Bertz CT molecular complexity index is 560. The Morgan fingerprint density at radius 1 is 1.33 bits per heavy atom. The second-order valence-corrected chi connectivity index (χ2v) is 5.29. The van der Waals surface area contributed by atoms with E-state index in [0.29, 0.717) is 16.9 Å². The van der Waals surface area contributed by atoms with Crippen LogP contribution in [0.25, 0.3) is 11.4 Å². The number of halogens is 1. The van der Waals surface area contributed by atoms with Crippen LogP contribution in [0.3, 0.4) is 0 Å². The van der Waals surface area contributed by atoms with E-state index >= 15 is 0 Å². The normalized spacial score (nSPS) is 11.2. The zero-order chi connectivity index (χ0) is 13.3. The Hall–Kier alpha value is -1.42. The van der Waals surface area contributed by atoms with E-state index in [0.717, 1.165) is 23.4 Å². The number of nitrogens with zero attached hydrogens (tertiary/aromatic N) is 4. The molecule has 2 heterocycles. The van der Waals surface area contributed by atoms with Crippen LogP contribution in [0.15, 0.2) is 12.3 Å². The van der Waals surface area contributed by atoms with E-state index in [1.165, 1.54) is 0 Å². The van der Waals surface area contributed by atoms with Gasteiger partial charge < -0.3 is 0 Å². The molecule has 0 aliphatic rings. The zero-order valence-corrected chi connectivity index (χ0v) is 11.9. The lowest BCUT2D eigenvalue weighted by Crippen LogP contribution is -2.00. The minimum absolute atomic E-state index is 0.485. The lowest BCUT2D eigenvalue weighted by molar-refractivity contribution is 0.634. The second kappa shape index (κ2) is 5.06. The first-order chi connectivity index (χ1) is 8.45. The van der Waals surface area contributed by atoms with Gasteiger partial charge in [0.25, 0.3) is 0 Å². The van der Waals surface area contributed by atoms with E-state index in [-0.39, 0.29) is 0 Å². The molecular weight excluding hydrogens is 248 g/mol. The largest absolute Gasteiger partial charge is 0.275 e. The molecule has 96 valence electrons. The molecule has 0 unspecified atom stereocenters. The Balaban J connectivity index is 2.44. The molecule has 0 spiro atoms. The van der Waals surface area contributed by atoms with Crippen LogP contribution < -0.4 is 0 Å². The molecule has 2 aromatic heterocycles. The summed E-state index contributed by atoms with van der Waals surface area (Å²) in [7, 11) is 1.88. The van der Waals surface area contributed by atoms with Crippen LogP contribution in [-0.4, -0.2) is 19.7 Å². The third-order valence-corrected chi connectivity index (χ3v) is 2.81. The van der Waals surface area contributed by atoms with Crippen LogP contribution in [0.5, 0.6) is 0 Å². The van der Waals surface area contributed by atoms with Gasteiger partial charge in [0, 0.05) is 18.9 Å². The monoisotopic (exact) mass is 264 g/mol. The molecule has 0 aliphatic carbocycles. The fraction of sp³-hybridized carbons (Fsp3) is 0.462. The molecule has 18 heavy (non-hydrogen) atoms. The third-order valence-electron chi connectivity index (χ3n) is 2.62. The molecule has 0 fully saturated rings. The molecule has 0 saturated carbocycles. The number of hydrogen-bond acceptors (Lipinski definition) is 3. The Morgan fingerprint density at radius 2 is 2.06 bits per heavy atom. The SMILES string of the molecule is Cc1nn(C)cc1-c1nc(Cl)cc(CC(C)C)n1. The highest BCUT2D eigenvalue weighted by atomic mass is 35.5. The highest BCUT2D eigenvalue weighted by Gasteiger charge is 2.12. The van der Waals surface area contributed by atoms with Crippen molar-refractivity contribution in [2.24, 2.45) is 13.0 Å². The van der Waals surface area contributed by atoms with Crippen LogP contribution >= 0.6 is 11.6 Å². The lowest BCUT2D eigenvalue weighted by atomic mass is 10.1. The van der Waals surface area contributed by atoms with E-state index in [9.17, 15) is 0 Å². The number of rotatable bonds is 3. The Labute approximate surface area is 112 Å². The van der Waals surface area contributed by atoms with Crippen LogP contribution in [0, 0.1) is 12.8 Å². The molecule has 4 nitrogen and oxygen atoms in total. The van der Waals surface area contributed by atoms with Gasteiger partial charge in [-0.3, -0.25) is 4.68 Å². The van der Waals surface area contributed by atoms with Crippen molar-refractivity contribution in [1.29, 1.82) is 0 Å². The Morgan fingerprint density at radius 3 is 2.61 bits per heavy atom. The second-order valence-electron chi connectivity index (χ2n) is 4.91. The zero-order valence-electron chi connectivity index (χ0n) is 11.1. The highest BCUT2D eigenvalue weighted by molar-refractivity contribution is 6.29. The maximum Gasteiger partial charge on any atom is 0.164 e. The summed E-state index contributed by atoms with van der Waals surface area (Å²) in [5.41, 5.74) is 2.82. The molecule has 0 aliphatic heterocycles. The van der Waals surface area contributed by atoms with Crippen molar-refractivity contribution in [2.75, 3.05) is 0 Å². The molecule has 0 aromatic carbocycles. The van der Waals surface area contributed by atoms with Gasteiger partial charge in [-0.1, -0.05) is 25.4 Å². The maximum absolute atomic E-state index is 6.06. The third kappa shape index (κ3) is 2.88. The first-order valence-corrected chi connectivity index (χ1v) is 6.37. The minimum Gasteiger partial charge on any atom is -0.275 e. The summed E-state index contributed by atoms with van der Waals surface area (Å²) < 4.78 is 1.76. The van der Waals surface area contributed by atoms with Crippen LogP contribution in [0.1, 0.15) is 25.2 Å².